The SMILES string of the molecule is CCCC(=NOCC=CCl)C1=C(O)CC2(CCSC2)OC1=O. The predicted octanol–water partition coefficient (Wildman–Crippen LogP) is 3.55. The Balaban J connectivity index is 2.20. The molecule has 5 nitrogen and oxygen atoms in total. The number of aliphatic hydroxyl groups is 1. The van der Waals surface area contributed by atoms with Crippen LogP contribution in [0.4, 0.5) is 0 Å². The summed E-state index contributed by atoms with van der Waals surface area (Å²) in [6.45, 7) is 2.18. The maximum absolute atomic E-state index is 12.4. The van der Waals surface area contributed by atoms with Crippen molar-refractivity contribution in [3.05, 3.63) is 22.9 Å². The van der Waals surface area contributed by atoms with E-state index in [4.69, 9.17) is 21.2 Å². The first-order chi connectivity index (χ1) is 10.6. The molecule has 0 bridgehead atoms. The number of hydrogen-bond donors (Lipinski definition) is 1. The Bertz CT molecular complexity index is 510. The van der Waals surface area contributed by atoms with E-state index in [2.05, 4.69) is 5.16 Å². The molecule has 0 aromatic carbocycles. The highest BCUT2D eigenvalue weighted by Gasteiger charge is 2.45. The van der Waals surface area contributed by atoms with Crippen molar-refractivity contribution >= 4 is 35.0 Å². The summed E-state index contributed by atoms with van der Waals surface area (Å²) in [5.74, 6) is 1.23. The maximum atomic E-state index is 12.4. The van der Waals surface area contributed by atoms with Crippen molar-refractivity contribution in [1.82, 2.24) is 0 Å². The number of aliphatic hydroxyl groups excluding tert-OH is 1. The third-order valence-electron chi connectivity index (χ3n) is 3.57. The van der Waals surface area contributed by atoms with Crippen molar-refractivity contribution in [2.75, 3.05) is 18.1 Å². The Labute approximate surface area is 139 Å². The second-order valence-corrected chi connectivity index (χ2v) is 6.68. The minimum Gasteiger partial charge on any atom is -0.511 e. The summed E-state index contributed by atoms with van der Waals surface area (Å²) in [5, 5.41) is 14.3. The number of thioether (sulfide) groups is 1. The van der Waals surface area contributed by atoms with Crippen molar-refractivity contribution in [3.63, 3.8) is 0 Å². The van der Waals surface area contributed by atoms with Crippen LogP contribution in [-0.4, -0.2) is 40.5 Å². The lowest BCUT2D eigenvalue weighted by Crippen LogP contribution is -2.41. The summed E-state index contributed by atoms with van der Waals surface area (Å²) in [6, 6.07) is 0. The normalized spacial score (nSPS) is 26.1. The smallest absolute Gasteiger partial charge is 0.344 e. The molecule has 22 heavy (non-hydrogen) atoms. The third kappa shape index (κ3) is 3.98. The molecule has 0 aliphatic carbocycles. The second kappa shape index (κ2) is 7.92. The largest absolute Gasteiger partial charge is 0.511 e. The number of nitrogens with zero attached hydrogens (tertiary/aromatic N) is 1. The molecule has 1 atom stereocenters. The van der Waals surface area contributed by atoms with E-state index in [1.54, 1.807) is 17.8 Å². The summed E-state index contributed by atoms with van der Waals surface area (Å²) >= 11 is 7.14. The van der Waals surface area contributed by atoms with Crippen molar-refractivity contribution in [3.8, 4) is 0 Å². The highest BCUT2D eigenvalue weighted by atomic mass is 35.5. The molecular formula is C15H20ClNO4S. The molecule has 7 heteroatoms. The molecule has 0 aromatic rings. The average molecular weight is 346 g/mol. The fraction of sp³-hybridized carbons (Fsp3) is 0.600. The van der Waals surface area contributed by atoms with E-state index in [1.165, 1.54) is 5.54 Å². The van der Waals surface area contributed by atoms with Crippen molar-refractivity contribution < 1.29 is 19.5 Å². The van der Waals surface area contributed by atoms with Crippen LogP contribution < -0.4 is 0 Å². The van der Waals surface area contributed by atoms with Gasteiger partial charge in [-0.15, -0.1) is 0 Å². The number of rotatable bonds is 6. The van der Waals surface area contributed by atoms with E-state index in [0.29, 0.717) is 18.6 Å². The first kappa shape index (κ1) is 17.2. The van der Waals surface area contributed by atoms with Gasteiger partial charge in [-0.3, -0.25) is 0 Å². The van der Waals surface area contributed by atoms with Gasteiger partial charge in [0, 0.05) is 17.7 Å². The average Bonchev–Trinajstić information content (AvgIpc) is 2.90. The van der Waals surface area contributed by atoms with E-state index in [-0.39, 0.29) is 17.9 Å². The van der Waals surface area contributed by atoms with Crippen LogP contribution in [0.25, 0.3) is 0 Å². The van der Waals surface area contributed by atoms with E-state index >= 15 is 0 Å². The molecule has 1 N–H and O–H groups in total. The molecule has 1 unspecified atom stereocenters. The van der Waals surface area contributed by atoms with Gasteiger partial charge < -0.3 is 14.7 Å². The topological polar surface area (TPSA) is 68.1 Å². The molecule has 2 heterocycles. The fourth-order valence-corrected chi connectivity index (χ4v) is 3.95. The molecule has 2 aliphatic heterocycles. The third-order valence-corrected chi connectivity index (χ3v) is 4.97. The molecular weight excluding hydrogens is 326 g/mol. The molecule has 0 radical (unpaired) electrons. The van der Waals surface area contributed by atoms with E-state index in [9.17, 15) is 9.90 Å². The molecule has 1 spiro atoms. The highest BCUT2D eigenvalue weighted by Crippen LogP contribution is 2.40. The van der Waals surface area contributed by atoms with Gasteiger partial charge in [0.15, 0.2) is 0 Å². The lowest BCUT2D eigenvalue weighted by atomic mass is 9.90. The number of ether oxygens (including phenoxy) is 1. The molecule has 0 saturated carbocycles. The first-order valence-corrected chi connectivity index (χ1v) is 8.88. The van der Waals surface area contributed by atoms with E-state index in [1.807, 2.05) is 6.92 Å². The molecule has 2 rings (SSSR count). The second-order valence-electron chi connectivity index (χ2n) is 5.32. The van der Waals surface area contributed by atoms with Gasteiger partial charge in [0.2, 0.25) is 0 Å². The minimum atomic E-state index is -0.547. The van der Waals surface area contributed by atoms with Crippen LogP contribution in [0.3, 0.4) is 0 Å². The van der Waals surface area contributed by atoms with Crippen LogP contribution in [-0.2, 0) is 14.4 Å². The van der Waals surface area contributed by atoms with Crippen LogP contribution in [0.1, 0.15) is 32.6 Å². The van der Waals surface area contributed by atoms with Gasteiger partial charge in [0.1, 0.15) is 23.5 Å². The van der Waals surface area contributed by atoms with Crippen LogP contribution in [0.2, 0.25) is 0 Å². The molecule has 1 fully saturated rings. The zero-order valence-electron chi connectivity index (χ0n) is 12.5. The van der Waals surface area contributed by atoms with Crippen LogP contribution >= 0.6 is 23.4 Å². The number of carbonyl (C=O) groups is 1. The monoisotopic (exact) mass is 345 g/mol. The lowest BCUT2D eigenvalue weighted by molar-refractivity contribution is -0.155. The van der Waals surface area contributed by atoms with E-state index in [0.717, 1.165) is 24.3 Å². The minimum absolute atomic E-state index is 0.0578. The molecule has 122 valence electrons. The van der Waals surface area contributed by atoms with Crippen LogP contribution in [0.5, 0.6) is 0 Å². The number of hydrogen-bond acceptors (Lipinski definition) is 6. The van der Waals surface area contributed by atoms with Gasteiger partial charge in [-0.1, -0.05) is 30.1 Å². The Morgan fingerprint density at radius 3 is 3.05 bits per heavy atom. The first-order valence-electron chi connectivity index (χ1n) is 7.29. The highest BCUT2D eigenvalue weighted by molar-refractivity contribution is 7.99. The Hall–Kier alpha value is -1.14. The predicted molar refractivity (Wildman–Crippen MR) is 88.3 cm³/mol. The lowest BCUT2D eigenvalue weighted by Gasteiger charge is -2.33. The summed E-state index contributed by atoms with van der Waals surface area (Å²) in [5.41, 5.74) is 1.37. The number of esters is 1. The number of oxime groups is 1. The Morgan fingerprint density at radius 1 is 1.64 bits per heavy atom. The molecule has 1 saturated heterocycles. The van der Waals surface area contributed by atoms with Crippen LogP contribution in [0.15, 0.2) is 28.1 Å². The number of halogens is 1. The van der Waals surface area contributed by atoms with Gasteiger partial charge in [-0.25, -0.2) is 4.79 Å². The summed E-state index contributed by atoms with van der Waals surface area (Å²) in [4.78, 5) is 17.5. The van der Waals surface area contributed by atoms with Gasteiger partial charge in [0.25, 0.3) is 0 Å². The summed E-state index contributed by atoms with van der Waals surface area (Å²) < 4.78 is 5.62. The standard InChI is InChI=1S/C15H20ClNO4S/c1-2-4-11(17-20-7-3-6-16)13-12(18)9-15(21-14(13)19)5-8-22-10-15/h3,6,18H,2,4-5,7-10H2,1H3. The summed E-state index contributed by atoms with van der Waals surface area (Å²) in [7, 11) is 0. The van der Waals surface area contributed by atoms with Gasteiger partial charge in [0.05, 0.1) is 5.71 Å². The quantitative estimate of drug-likeness (QED) is 0.345. The zero-order valence-corrected chi connectivity index (χ0v) is 14.1. The Morgan fingerprint density at radius 2 is 2.45 bits per heavy atom. The molecule has 2 aliphatic rings. The zero-order chi connectivity index (χ0) is 16.0. The molecule has 0 amide bonds. The van der Waals surface area contributed by atoms with Crippen molar-refractivity contribution in [2.45, 2.75) is 38.2 Å². The number of carbonyl (C=O) groups excluding carboxylic acids is 1. The van der Waals surface area contributed by atoms with Crippen molar-refractivity contribution in [2.24, 2.45) is 5.16 Å². The molecule has 0 aromatic heterocycles. The van der Waals surface area contributed by atoms with E-state index < -0.39 is 11.6 Å². The van der Waals surface area contributed by atoms with Crippen LogP contribution in [0, 0.1) is 0 Å². The Kier molecular flexibility index (Phi) is 6.20. The van der Waals surface area contributed by atoms with Gasteiger partial charge in [-0.05, 0) is 24.7 Å². The van der Waals surface area contributed by atoms with Crippen molar-refractivity contribution in [1.29, 1.82) is 0 Å². The summed E-state index contributed by atoms with van der Waals surface area (Å²) in [6.07, 6.45) is 4.02. The van der Waals surface area contributed by atoms with Gasteiger partial charge >= 0.3 is 5.97 Å². The maximum Gasteiger partial charge on any atom is 0.344 e. The fourth-order valence-electron chi connectivity index (χ4n) is 2.54. The van der Waals surface area contributed by atoms with Gasteiger partial charge in [-0.2, -0.15) is 11.8 Å².